The summed E-state index contributed by atoms with van der Waals surface area (Å²) < 4.78 is 0. The van der Waals surface area contributed by atoms with Crippen molar-refractivity contribution in [3.05, 3.63) is 29.8 Å². The van der Waals surface area contributed by atoms with Gasteiger partial charge in [-0.3, -0.25) is 0 Å². The largest absolute Gasteiger partial charge is 1.00 e. The second-order valence-electron chi connectivity index (χ2n) is 1.87. The van der Waals surface area contributed by atoms with Crippen LogP contribution in [0, 0.1) is 0 Å². The molecule has 0 aliphatic heterocycles. The van der Waals surface area contributed by atoms with Gasteiger partial charge in [0.05, 0.1) is 5.97 Å². The van der Waals surface area contributed by atoms with Gasteiger partial charge in [-0.1, -0.05) is 18.2 Å². The first-order valence-electron chi connectivity index (χ1n) is 2.77. The smallest absolute Gasteiger partial charge is 0.545 e. The van der Waals surface area contributed by atoms with Crippen LogP contribution in [0.3, 0.4) is 0 Å². The van der Waals surface area contributed by atoms with Gasteiger partial charge in [-0.05, 0) is 6.07 Å². The van der Waals surface area contributed by atoms with Crippen molar-refractivity contribution < 1.29 is 73.6 Å². The van der Waals surface area contributed by atoms with Gasteiger partial charge in [0.1, 0.15) is 0 Å². The van der Waals surface area contributed by atoms with Crippen LogP contribution in [0.25, 0.3) is 0 Å². The fraction of sp³-hybridized carbons (Fsp3) is 0. The molecule has 4 N–H and O–H groups in total. The van der Waals surface area contributed by atoms with Crippen molar-refractivity contribution in [3.8, 4) is 0 Å². The molecule has 0 saturated carbocycles. The molecule has 1 aromatic carbocycles. The van der Waals surface area contributed by atoms with Gasteiger partial charge >= 0.3 is 58.2 Å². The molecule has 0 spiro atoms. The third-order valence-corrected chi connectivity index (χ3v) is 1.18. The van der Waals surface area contributed by atoms with Crippen molar-refractivity contribution >= 4 is 11.7 Å². The van der Waals surface area contributed by atoms with Gasteiger partial charge in [-0.2, -0.15) is 0 Å². The summed E-state index contributed by atoms with van der Waals surface area (Å²) in [4.78, 5) is 10.2. The number of aromatic carboxylic acids is 1. The molecule has 60 valence electrons. The van der Waals surface area contributed by atoms with Gasteiger partial charge in [0.2, 0.25) is 0 Å². The number of benzene rings is 1. The van der Waals surface area contributed by atoms with Crippen LogP contribution in [0.2, 0.25) is 0 Å². The van der Waals surface area contributed by atoms with Crippen molar-refractivity contribution in [1.29, 1.82) is 0 Å². The molecule has 5 heteroatoms. The molecule has 0 aliphatic rings. The minimum absolute atomic E-state index is 0. The third kappa shape index (κ3) is 3.77. The summed E-state index contributed by atoms with van der Waals surface area (Å²) in [7, 11) is 0. The zero-order valence-electron chi connectivity index (χ0n) is 6.70. The van der Waals surface area contributed by atoms with E-state index < -0.39 is 5.97 Å². The Balaban J connectivity index is 0. The molecule has 4 nitrogen and oxygen atoms in total. The van der Waals surface area contributed by atoms with Crippen molar-refractivity contribution in [2.75, 3.05) is 5.73 Å². The van der Waals surface area contributed by atoms with Crippen molar-refractivity contribution in [2.45, 2.75) is 0 Å². The molecular weight excluding hydrogens is 232 g/mol. The second kappa shape index (κ2) is 6.74. The number of carboxylic acids is 1. The molecule has 0 atom stereocenters. The van der Waals surface area contributed by atoms with Gasteiger partial charge in [0.15, 0.2) is 0 Å². The maximum atomic E-state index is 10.2. The molecule has 0 aliphatic carbocycles. The minimum atomic E-state index is -1.24. The zero-order chi connectivity index (χ0) is 7.56. The number of hydrogen-bond acceptors (Lipinski definition) is 3. The summed E-state index contributed by atoms with van der Waals surface area (Å²) in [5.74, 6) is -1.24. The topological polar surface area (TPSA) is 97.7 Å². The van der Waals surface area contributed by atoms with Crippen LogP contribution >= 0.6 is 0 Å². The Hall–Kier alpha value is 0.255. The van der Waals surface area contributed by atoms with Crippen LogP contribution < -0.4 is 69.0 Å². The third-order valence-electron chi connectivity index (χ3n) is 1.18. The van der Waals surface area contributed by atoms with Crippen molar-refractivity contribution in [2.24, 2.45) is 0 Å². The number of nitrogen functional groups attached to an aromatic ring is 1. The molecule has 0 amide bonds. The van der Waals surface area contributed by atoms with E-state index in [0.29, 0.717) is 0 Å². The molecule has 0 radical (unpaired) electrons. The number of hydrogen-bond donors (Lipinski definition) is 1. The summed E-state index contributed by atoms with van der Waals surface area (Å²) in [6, 6.07) is 6.19. The van der Waals surface area contributed by atoms with E-state index in [1.807, 2.05) is 0 Å². The molecule has 1 rings (SSSR count). The number of carbonyl (C=O) groups is 1. The average Bonchev–Trinajstić information content (AvgIpc) is 1.88. The van der Waals surface area contributed by atoms with E-state index in [1.54, 1.807) is 12.1 Å². The van der Waals surface area contributed by atoms with Gasteiger partial charge in [-0.15, -0.1) is 0 Å². The van der Waals surface area contributed by atoms with Crippen LogP contribution in [-0.4, -0.2) is 11.4 Å². The summed E-state index contributed by atoms with van der Waals surface area (Å²) >= 11 is 0. The first-order valence-corrected chi connectivity index (χ1v) is 2.77. The van der Waals surface area contributed by atoms with E-state index in [0.717, 1.165) is 0 Å². The van der Waals surface area contributed by atoms with Crippen LogP contribution in [0.15, 0.2) is 24.3 Å². The maximum absolute atomic E-state index is 10.2. The van der Waals surface area contributed by atoms with E-state index in [-0.39, 0.29) is 74.9 Å². The average molecular weight is 240 g/mol. The van der Waals surface area contributed by atoms with Gasteiger partial charge in [0, 0.05) is 11.3 Å². The summed E-state index contributed by atoms with van der Waals surface area (Å²) in [5.41, 5.74) is 5.58. The molecule has 0 saturated heterocycles. The molecule has 12 heavy (non-hydrogen) atoms. The fourth-order valence-electron chi connectivity index (χ4n) is 0.683. The predicted octanol–water partition coefficient (Wildman–Crippen LogP) is -4.19. The van der Waals surface area contributed by atoms with Crippen LogP contribution in [-0.2, 0) is 0 Å². The Labute approximate surface area is 119 Å². The van der Waals surface area contributed by atoms with Crippen molar-refractivity contribution in [3.63, 3.8) is 0 Å². The molecule has 0 aromatic heterocycles. The van der Waals surface area contributed by atoms with Gasteiger partial charge in [-0.25, -0.2) is 0 Å². The molecule has 0 fully saturated rings. The SMILES string of the molecule is Nc1ccccc1C(=O)[O-].O.[Rb+]. The minimum Gasteiger partial charge on any atom is -0.545 e. The Kier molecular flexibility index (Phi) is 8.29. The van der Waals surface area contributed by atoms with E-state index in [9.17, 15) is 9.90 Å². The van der Waals surface area contributed by atoms with Crippen LogP contribution in [0.5, 0.6) is 0 Å². The predicted molar refractivity (Wildman–Crippen MR) is 38.8 cm³/mol. The summed E-state index contributed by atoms with van der Waals surface area (Å²) in [6.45, 7) is 0. The number of carboxylic acid groups (broad SMARTS) is 1. The number of para-hydroxylation sites is 1. The monoisotopic (exact) mass is 239 g/mol. The quantitative estimate of drug-likeness (QED) is 0.503. The fourth-order valence-corrected chi connectivity index (χ4v) is 0.683. The number of anilines is 1. The first-order chi connectivity index (χ1) is 4.72. The van der Waals surface area contributed by atoms with E-state index in [4.69, 9.17) is 5.73 Å². The molecule has 0 bridgehead atoms. The van der Waals surface area contributed by atoms with Crippen LogP contribution in [0.1, 0.15) is 10.4 Å². The number of nitrogens with two attached hydrogens (primary N) is 1. The Morgan fingerprint density at radius 3 is 2.17 bits per heavy atom. The molecule has 1 aromatic rings. The Morgan fingerprint density at radius 1 is 1.33 bits per heavy atom. The standard InChI is InChI=1S/C7H7NO2.H2O.Rb/c8-6-4-2-1-3-5(6)7(9)10;;/h1-4H,8H2,(H,9,10);1H2;/q;;+1/p-1. The van der Waals surface area contributed by atoms with E-state index in [1.165, 1.54) is 12.1 Å². The van der Waals surface area contributed by atoms with E-state index >= 15 is 0 Å². The first kappa shape index (κ1) is 14.8. The zero-order valence-corrected chi connectivity index (χ0v) is 11.6. The molecular formula is C7H8NO3Rb. The van der Waals surface area contributed by atoms with Gasteiger partial charge < -0.3 is 21.1 Å². The van der Waals surface area contributed by atoms with Gasteiger partial charge in [0.25, 0.3) is 0 Å². The van der Waals surface area contributed by atoms with E-state index in [2.05, 4.69) is 0 Å². The number of rotatable bonds is 1. The second-order valence-corrected chi connectivity index (χ2v) is 1.87. The Morgan fingerprint density at radius 2 is 1.83 bits per heavy atom. The summed E-state index contributed by atoms with van der Waals surface area (Å²) in [6.07, 6.45) is 0. The summed E-state index contributed by atoms with van der Waals surface area (Å²) in [5, 5.41) is 10.2. The maximum Gasteiger partial charge on any atom is 1.00 e. The molecule has 0 heterocycles. The van der Waals surface area contributed by atoms with Crippen LogP contribution in [0.4, 0.5) is 5.69 Å². The molecule has 0 unspecified atom stereocenters. The Bertz CT molecular complexity index is 265. The normalized spacial score (nSPS) is 7.67. The van der Waals surface area contributed by atoms with Crippen molar-refractivity contribution in [1.82, 2.24) is 0 Å². The number of carbonyl (C=O) groups excluding carboxylic acids is 1.